The zero-order valence-electron chi connectivity index (χ0n) is 11.2. The van der Waals surface area contributed by atoms with Crippen LogP contribution in [0, 0.1) is 0 Å². The summed E-state index contributed by atoms with van der Waals surface area (Å²) < 4.78 is 0. The summed E-state index contributed by atoms with van der Waals surface area (Å²) in [4.78, 5) is 9.05. The summed E-state index contributed by atoms with van der Waals surface area (Å²) in [5.41, 5.74) is 5.48. The van der Waals surface area contributed by atoms with Crippen molar-refractivity contribution in [1.82, 2.24) is 9.97 Å². The van der Waals surface area contributed by atoms with E-state index in [0.717, 1.165) is 34.0 Å². The number of benzene rings is 2. The molecule has 0 atom stereocenters. The molecule has 4 heteroatoms. The van der Waals surface area contributed by atoms with Crippen molar-refractivity contribution in [2.75, 3.05) is 5.32 Å². The summed E-state index contributed by atoms with van der Waals surface area (Å²) in [6, 6.07) is 15.9. The van der Waals surface area contributed by atoms with Crippen LogP contribution in [0.4, 0.5) is 11.6 Å². The van der Waals surface area contributed by atoms with Gasteiger partial charge in [-0.25, -0.2) is 9.97 Å². The van der Waals surface area contributed by atoms with Crippen molar-refractivity contribution < 1.29 is 0 Å². The van der Waals surface area contributed by atoms with Crippen molar-refractivity contribution in [3.8, 4) is 11.3 Å². The number of hydrogen-bond donors (Lipinski definition) is 1. The molecule has 1 aliphatic rings. The number of fused-ring (bicyclic) bond motifs is 3. The molecule has 0 spiro atoms. The zero-order valence-corrected chi connectivity index (χ0v) is 11.9. The van der Waals surface area contributed by atoms with Crippen LogP contribution in [0.15, 0.2) is 54.7 Å². The van der Waals surface area contributed by atoms with E-state index in [1.54, 1.807) is 0 Å². The van der Waals surface area contributed by atoms with E-state index in [4.69, 9.17) is 11.6 Å². The summed E-state index contributed by atoms with van der Waals surface area (Å²) in [5, 5.41) is 3.99. The molecule has 2 aromatic carbocycles. The second kappa shape index (κ2) is 4.86. The first kappa shape index (κ1) is 12.4. The third-order valence-corrected chi connectivity index (χ3v) is 3.83. The highest BCUT2D eigenvalue weighted by Crippen LogP contribution is 2.36. The number of hydrogen-bond acceptors (Lipinski definition) is 3. The summed E-state index contributed by atoms with van der Waals surface area (Å²) in [5.74, 6) is 0.614. The fraction of sp³-hybridized carbons (Fsp3) is 0.0588. The van der Waals surface area contributed by atoms with Crippen molar-refractivity contribution in [3.05, 3.63) is 70.9 Å². The van der Waals surface area contributed by atoms with Gasteiger partial charge in [0, 0.05) is 34.5 Å². The molecule has 1 heterocycles. The minimum absolute atomic E-state index is 0.614. The molecule has 102 valence electrons. The Morgan fingerprint density at radius 2 is 1.86 bits per heavy atom. The van der Waals surface area contributed by atoms with Gasteiger partial charge in [-0.05, 0) is 29.8 Å². The van der Waals surface area contributed by atoms with Crippen LogP contribution in [-0.2, 0) is 6.42 Å². The number of halogens is 1. The first-order valence-electron chi connectivity index (χ1n) is 6.76. The van der Waals surface area contributed by atoms with E-state index in [0.29, 0.717) is 5.95 Å². The standard InChI is InChI=1S/C17H12ClN3/c18-13-6-7-15-11(9-13)8-12-10-19-17(21-16(12)15)20-14-4-2-1-3-5-14/h1-7,9-10H,8H2,(H,19,20,21). The summed E-state index contributed by atoms with van der Waals surface area (Å²) in [6.45, 7) is 0. The quantitative estimate of drug-likeness (QED) is 0.593. The van der Waals surface area contributed by atoms with E-state index >= 15 is 0 Å². The normalized spacial score (nSPS) is 11.9. The van der Waals surface area contributed by atoms with Gasteiger partial charge in [0.1, 0.15) is 0 Å². The zero-order chi connectivity index (χ0) is 14.2. The molecule has 3 nitrogen and oxygen atoms in total. The Hall–Kier alpha value is -2.39. The van der Waals surface area contributed by atoms with Gasteiger partial charge in [-0.1, -0.05) is 35.9 Å². The molecule has 0 bridgehead atoms. The van der Waals surface area contributed by atoms with Gasteiger partial charge >= 0.3 is 0 Å². The van der Waals surface area contributed by atoms with E-state index < -0.39 is 0 Å². The molecule has 0 amide bonds. The highest BCUT2D eigenvalue weighted by Gasteiger charge is 2.21. The number of nitrogens with one attached hydrogen (secondary N) is 1. The summed E-state index contributed by atoms with van der Waals surface area (Å²) >= 11 is 6.06. The molecular weight excluding hydrogens is 282 g/mol. The van der Waals surface area contributed by atoms with Gasteiger partial charge in [0.15, 0.2) is 0 Å². The molecule has 1 aromatic heterocycles. The maximum atomic E-state index is 6.06. The highest BCUT2D eigenvalue weighted by molar-refractivity contribution is 6.30. The summed E-state index contributed by atoms with van der Waals surface area (Å²) in [6.07, 6.45) is 2.73. The van der Waals surface area contributed by atoms with E-state index in [1.165, 1.54) is 5.56 Å². The van der Waals surface area contributed by atoms with Gasteiger partial charge < -0.3 is 5.32 Å². The number of para-hydroxylation sites is 1. The van der Waals surface area contributed by atoms with E-state index in [2.05, 4.69) is 15.3 Å². The molecule has 0 fully saturated rings. The van der Waals surface area contributed by atoms with Crippen LogP contribution in [0.5, 0.6) is 0 Å². The Morgan fingerprint density at radius 1 is 1.00 bits per heavy atom. The molecule has 1 N–H and O–H groups in total. The smallest absolute Gasteiger partial charge is 0.227 e. The first-order valence-corrected chi connectivity index (χ1v) is 7.14. The summed E-state index contributed by atoms with van der Waals surface area (Å²) in [7, 11) is 0. The van der Waals surface area contributed by atoms with Gasteiger partial charge in [-0.2, -0.15) is 0 Å². The third-order valence-electron chi connectivity index (χ3n) is 3.60. The first-order chi connectivity index (χ1) is 10.3. The van der Waals surface area contributed by atoms with Gasteiger partial charge in [0.2, 0.25) is 5.95 Å². The van der Waals surface area contributed by atoms with Crippen LogP contribution in [0.25, 0.3) is 11.3 Å². The maximum Gasteiger partial charge on any atom is 0.227 e. The van der Waals surface area contributed by atoms with Crippen LogP contribution in [0.2, 0.25) is 5.02 Å². The Kier molecular flexibility index (Phi) is 2.86. The maximum absolute atomic E-state index is 6.06. The topological polar surface area (TPSA) is 37.8 Å². The number of rotatable bonds is 2. The van der Waals surface area contributed by atoms with E-state index in [-0.39, 0.29) is 0 Å². The average Bonchev–Trinajstić information content (AvgIpc) is 2.85. The monoisotopic (exact) mass is 293 g/mol. The second-order valence-corrected chi connectivity index (χ2v) is 5.47. The Bertz CT molecular complexity index is 816. The predicted molar refractivity (Wildman–Crippen MR) is 85.0 cm³/mol. The Labute approximate surface area is 127 Å². The van der Waals surface area contributed by atoms with Gasteiger partial charge in [0.25, 0.3) is 0 Å². The van der Waals surface area contributed by atoms with Crippen molar-refractivity contribution >= 4 is 23.2 Å². The highest BCUT2D eigenvalue weighted by atomic mass is 35.5. The number of anilines is 2. The van der Waals surface area contributed by atoms with E-state index in [9.17, 15) is 0 Å². The van der Waals surface area contributed by atoms with Gasteiger partial charge in [-0.3, -0.25) is 0 Å². The lowest BCUT2D eigenvalue weighted by molar-refractivity contribution is 1.12. The second-order valence-electron chi connectivity index (χ2n) is 5.04. The van der Waals surface area contributed by atoms with E-state index in [1.807, 2.05) is 54.7 Å². The van der Waals surface area contributed by atoms with Crippen molar-refractivity contribution in [2.45, 2.75) is 6.42 Å². The van der Waals surface area contributed by atoms with Crippen LogP contribution >= 0.6 is 11.6 Å². The van der Waals surface area contributed by atoms with Crippen molar-refractivity contribution in [2.24, 2.45) is 0 Å². The molecule has 21 heavy (non-hydrogen) atoms. The molecule has 0 saturated heterocycles. The van der Waals surface area contributed by atoms with Gasteiger partial charge in [-0.15, -0.1) is 0 Å². The SMILES string of the molecule is Clc1ccc2c(c1)Cc1cnc(Nc3ccccc3)nc1-2. The molecule has 0 radical (unpaired) electrons. The molecule has 0 saturated carbocycles. The Balaban J connectivity index is 1.72. The van der Waals surface area contributed by atoms with Crippen molar-refractivity contribution in [1.29, 1.82) is 0 Å². The number of nitrogens with zero attached hydrogens (tertiary/aromatic N) is 2. The Morgan fingerprint density at radius 3 is 2.71 bits per heavy atom. The van der Waals surface area contributed by atoms with Crippen molar-refractivity contribution in [3.63, 3.8) is 0 Å². The number of aromatic nitrogens is 2. The molecule has 1 aliphatic carbocycles. The molecule has 4 rings (SSSR count). The largest absolute Gasteiger partial charge is 0.324 e. The lowest BCUT2D eigenvalue weighted by Crippen LogP contribution is -1.98. The predicted octanol–water partition coefficient (Wildman–Crippen LogP) is 4.44. The fourth-order valence-corrected chi connectivity index (χ4v) is 2.82. The van der Waals surface area contributed by atoms with Crippen LogP contribution in [0.1, 0.15) is 11.1 Å². The lowest BCUT2D eigenvalue weighted by atomic mass is 10.1. The molecular formula is C17H12ClN3. The molecule has 0 unspecified atom stereocenters. The van der Waals surface area contributed by atoms with Gasteiger partial charge in [0.05, 0.1) is 5.69 Å². The molecule has 0 aliphatic heterocycles. The minimum atomic E-state index is 0.614. The molecule has 3 aromatic rings. The fourth-order valence-electron chi connectivity index (χ4n) is 2.62. The third kappa shape index (κ3) is 2.26. The van der Waals surface area contributed by atoms with Crippen LogP contribution in [0.3, 0.4) is 0 Å². The lowest BCUT2D eigenvalue weighted by Gasteiger charge is -2.06. The van der Waals surface area contributed by atoms with Crippen LogP contribution in [-0.4, -0.2) is 9.97 Å². The van der Waals surface area contributed by atoms with Crippen LogP contribution < -0.4 is 5.32 Å². The minimum Gasteiger partial charge on any atom is -0.324 e. The average molecular weight is 294 g/mol.